The number of piperidine rings is 1. The Morgan fingerprint density at radius 3 is 2.70 bits per heavy atom. The Hall–Kier alpha value is -3.27. The molecule has 9 nitrogen and oxygen atoms in total. The Morgan fingerprint density at radius 1 is 1.23 bits per heavy atom. The third kappa shape index (κ3) is 5.92. The maximum absolute atomic E-state index is 13.7. The van der Waals surface area contributed by atoms with E-state index in [9.17, 15) is 14.0 Å². The molecule has 0 spiro atoms. The Labute approximate surface area is 235 Å². The highest BCUT2D eigenvalue weighted by Crippen LogP contribution is 2.35. The number of hydrogen-bond acceptors (Lipinski definition) is 6. The Bertz CT molecular complexity index is 1390. The van der Waals surface area contributed by atoms with Crippen LogP contribution in [0.5, 0.6) is 0 Å². The van der Waals surface area contributed by atoms with E-state index in [1.807, 2.05) is 25.3 Å². The minimum absolute atomic E-state index is 0. The largest absolute Gasteiger partial charge is 0.414 e. The molecule has 0 aliphatic carbocycles. The fourth-order valence-corrected chi connectivity index (χ4v) is 6.16. The minimum Gasteiger partial charge on any atom is -0.399 e. The fourth-order valence-electron chi connectivity index (χ4n) is 6.16. The first-order chi connectivity index (χ1) is 18.8. The van der Waals surface area contributed by atoms with Gasteiger partial charge in [-0.3, -0.25) is 13.8 Å². The van der Waals surface area contributed by atoms with Crippen LogP contribution < -0.4 is 5.56 Å². The average molecular weight is 556 g/mol. The first-order valence-electron chi connectivity index (χ1n) is 14.2. The number of carbonyl (C=O) groups is 1. The Morgan fingerprint density at radius 2 is 1.98 bits per heavy atom. The summed E-state index contributed by atoms with van der Waals surface area (Å²) in [4.78, 5) is 32.6. The van der Waals surface area contributed by atoms with Gasteiger partial charge in [-0.15, -0.1) is 0 Å². The highest BCUT2D eigenvalue weighted by atomic mass is 19.1. The van der Waals surface area contributed by atoms with Crippen LogP contribution in [0.3, 0.4) is 0 Å². The highest BCUT2D eigenvalue weighted by Gasteiger charge is 2.38. The van der Waals surface area contributed by atoms with Crippen molar-refractivity contribution in [1.29, 1.82) is 0 Å². The molecule has 0 bridgehead atoms. The quantitative estimate of drug-likeness (QED) is 0.287. The van der Waals surface area contributed by atoms with E-state index in [1.165, 1.54) is 12.1 Å². The van der Waals surface area contributed by atoms with E-state index in [4.69, 9.17) is 14.2 Å². The topological polar surface area (TPSA) is 90.5 Å². The summed E-state index contributed by atoms with van der Waals surface area (Å²) in [7, 11) is 0. The van der Waals surface area contributed by atoms with Crippen LogP contribution in [0.15, 0.2) is 27.5 Å². The van der Waals surface area contributed by atoms with Crippen LogP contribution >= 0.6 is 0 Å². The van der Waals surface area contributed by atoms with Crippen LogP contribution in [0.2, 0.25) is 0 Å². The zero-order chi connectivity index (χ0) is 27.6. The SMILES string of the molecule is CCN(CC)C(=O)OC[N+]1(CCc2c(C)nc3n(c2=O)CCCC3)CCC(c2noc3cc(F)ccc23)CC1.[CH3-]. The number of rotatable bonds is 8. The second-order valence-electron chi connectivity index (χ2n) is 11.0. The number of aromatic nitrogens is 3. The number of quaternary nitrogens is 1. The van der Waals surface area contributed by atoms with Crippen LogP contribution in [0, 0.1) is 20.2 Å². The molecular formula is C30H42FN5O4. The van der Waals surface area contributed by atoms with Gasteiger partial charge in [0.25, 0.3) is 5.56 Å². The molecule has 0 atom stereocenters. The third-order valence-corrected chi connectivity index (χ3v) is 8.65. The van der Waals surface area contributed by atoms with E-state index in [-0.39, 0.29) is 37.5 Å². The van der Waals surface area contributed by atoms with Gasteiger partial charge in [0.05, 0.1) is 25.3 Å². The lowest BCUT2D eigenvalue weighted by Crippen LogP contribution is -2.56. The number of halogens is 1. The first kappa shape index (κ1) is 29.7. The molecule has 0 radical (unpaired) electrons. The summed E-state index contributed by atoms with van der Waals surface area (Å²) in [5.74, 6) is 0.715. The lowest BCUT2D eigenvalue weighted by atomic mass is 9.90. The van der Waals surface area contributed by atoms with Crippen molar-refractivity contribution in [2.75, 3.05) is 39.5 Å². The number of amides is 1. The normalized spacial score (nSPS) is 20.6. The van der Waals surface area contributed by atoms with Crippen molar-refractivity contribution in [1.82, 2.24) is 19.6 Å². The number of nitrogens with zero attached hydrogens (tertiary/aromatic N) is 5. The molecule has 1 fully saturated rings. The van der Waals surface area contributed by atoms with Crippen molar-refractivity contribution in [2.24, 2.45) is 0 Å². The van der Waals surface area contributed by atoms with Crippen molar-refractivity contribution in [2.45, 2.75) is 71.8 Å². The predicted octanol–water partition coefficient (Wildman–Crippen LogP) is 4.99. The summed E-state index contributed by atoms with van der Waals surface area (Å²) in [6.45, 7) is 10.2. The molecule has 1 aromatic carbocycles. The van der Waals surface area contributed by atoms with Crippen molar-refractivity contribution >= 4 is 17.1 Å². The van der Waals surface area contributed by atoms with Gasteiger partial charge in [0.2, 0.25) is 6.73 Å². The molecule has 4 heterocycles. The average Bonchev–Trinajstić information content (AvgIpc) is 3.36. The smallest absolute Gasteiger partial charge is 0.399 e. The zero-order valence-corrected chi connectivity index (χ0v) is 24.2. The number of hydrogen-bond donors (Lipinski definition) is 0. The number of likely N-dealkylation sites (tertiary alicyclic amines) is 1. The molecular weight excluding hydrogens is 513 g/mol. The first-order valence-corrected chi connectivity index (χ1v) is 14.2. The molecule has 2 aliphatic rings. The van der Waals surface area contributed by atoms with E-state index in [2.05, 4.69) is 5.16 Å². The second-order valence-corrected chi connectivity index (χ2v) is 11.0. The number of benzene rings is 1. The van der Waals surface area contributed by atoms with Gasteiger partial charge in [0, 0.05) is 73.9 Å². The van der Waals surface area contributed by atoms with Gasteiger partial charge < -0.3 is 21.6 Å². The van der Waals surface area contributed by atoms with Crippen molar-refractivity contribution in [3.8, 4) is 0 Å². The van der Waals surface area contributed by atoms with Crippen LogP contribution in [0.25, 0.3) is 11.0 Å². The van der Waals surface area contributed by atoms with Crippen molar-refractivity contribution in [3.63, 3.8) is 0 Å². The number of aryl methyl sites for hydroxylation is 2. The molecule has 1 amide bonds. The number of ether oxygens (including phenoxy) is 1. The molecule has 0 N–H and O–H groups in total. The minimum atomic E-state index is -0.345. The van der Waals surface area contributed by atoms with Gasteiger partial charge in [-0.25, -0.2) is 14.2 Å². The third-order valence-electron chi connectivity index (χ3n) is 8.65. The zero-order valence-electron chi connectivity index (χ0n) is 24.2. The summed E-state index contributed by atoms with van der Waals surface area (Å²) in [6.07, 6.45) is 4.84. The molecule has 10 heteroatoms. The molecule has 0 saturated carbocycles. The molecule has 1 saturated heterocycles. The summed E-state index contributed by atoms with van der Waals surface area (Å²) in [5, 5.41) is 5.14. The van der Waals surface area contributed by atoms with Gasteiger partial charge in [0.1, 0.15) is 11.6 Å². The highest BCUT2D eigenvalue weighted by molar-refractivity contribution is 5.79. The predicted molar refractivity (Wildman–Crippen MR) is 151 cm³/mol. The number of carbonyl (C=O) groups excluding carboxylic acids is 1. The summed E-state index contributed by atoms with van der Waals surface area (Å²) in [5.41, 5.74) is 2.96. The lowest BCUT2D eigenvalue weighted by molar-refractivity contribution is -0.948. The van der Waals surface area contributed by atoms with E-state index in [0.29, 0.717) is 36.1 Å². The molecule has 2 aromatic heterocycles. The monoisotopic (exact) mass is 555 g/mol. The van der Waals surface area contributed by atoms with Crippen LogP contribution in [-0.2, 0) is 24.1 Å². The Kier molecular flexibility index (Phi) is 9.28. The fraction of sp³-hybridized carbons (Fsp3) is 0.567. The molecule has 5 rings (SSSR count). The standard InChI is InChI=1S/C29H39FN5O4.CH3/c1-4-33(5-2)29(37)38-19-35(17-13-23-20(3)31-26-8-6-7-14-34(26)28(23)36)15-11-21(12-16-35)27-24-10-9-22(30)18-25(24)39-32-27;/h9-10,18,21H,4-8,11-17,19H2,1-3H3;1H3/q+1;-1. The van der Waals surface area contributed by atoms with E-state index in [1.54, 1.807) is 11.0 Å². The van der Waals surface area contributed by atoms with Crippen LogP contribution in [0.4, 0.5) is 9.18 Å². The van der Waals surface area contributed by atoms with Crippen molar-refractivity contribution < 1.29 is 22.9 Å². The summed E-state index contributed by atoms with van der Waals surface area (Å²) in [6, 6.07) is 4.54. The maximum Gasteiger partial charge on any atom is 0.414 e. The molecule has 40 heavy (non-hydrogen) atoms. The summed E-state index contributed by atoms with van der Waals surface area (Å²) < 4.78 is 27.4. The van der Waals surface area contributed by atoms with Crippen molar-refractivity contribution in [3.05, 3.63) is 64.6 Å². The lowest BCUT2D eigenvalue weighted by Gasteiger charge is -2.43. The molecule has 3 aromatic rings. The van der Waals surface area contributed by atoms with Gasteiger partial charge in [-0.05, 0) is 45.7 Å². The van der Waals surface area contributed by atoms with Gasteiger partial charge in [0.15, 0.2) is 5.58 Å². The summed E-state index contributed by atoms with van der Waals surface area (Å²) >= 11 is 0. The molecule has 0 unspecified atom stereocenters. The van der Waals surface area contributed by atoms with E-state index >= 15 is 0 Å². The van der Waals surface area contributed by atoms with Gasteiger partial charge in [-0.1, -0.05) is 5.16 Å². The Balaban J connectivity index is 0.00000370. The van der Waals surface area contributed by atoms with Crippen LogP contribution in [-0.4, -0.2) is 69.6 Å². The van der Waals surface area contributed by atoms with Gasteiger partial charge in [-0.2, -0.15) is 0 Å². The molecule has 218 valence electrons. The maximum atomic E-state index is 13.7. The van der Waals surface area contributed by atoms with Gasteiger partial charge >= 0.3 is 6.09 Å². The van der Waals surface area contributed by atoms with E-state index < -0.39 is 0 Å². The van der Waals surface area contributed by atoms with E-state index in [0.717, 1.165) is 79.9 Å². The second kappa shape index (κ2) is 12.5. The van der Waals surface area contributed by atoms with Crippen LogP contribution in [0.1, 0.15) is 68.2 Å². The number of fused-ring (bicyclic) bond motifs is 2. The molecule has 2 aliphatic heterocycles.